The number of benzene rings is 2. The Morgan fingerprint density at radius 1 is 1.06 bits per heavy atom. The predicted molar refractivity (Wildman–Crippen MR) is 127 cm³/mol. The molecule has 2 N–H and O–H groups in total. The van der Waals surface area contributed by atoms with Crippen LogP contribution in [-0.2, 0) is 0 Å². The van der Waals surface area contributed by atoms with Crippen LogP contribution in [0.5, 0.6) is 0 Å². The topological polar surface area (TPSA) is 57.5 Å². The number of nitrogens with one attached hydrogen (secondary N) is 1. The Morgan fingerprint density at radius 2 is 1.74 bits per heavy atom. The van der Waals surface area contributed by atoms with Crippen molar-refractivity contribution in [1.29, 1.82) is 0 Å². The summed E-state index contributed by atoms with van der Waals surface area (Å²) >= 11 is 6.14. The van der Waals surface area contributed by atoms with Gasteiger partial charge in [-0.2, -0.15) is 0 Å². The highest BCUT2D eigenvalue weighted by Crippen LogP contribution is 2.42. The molecule has 162 valence electrons. The molecule has 1 aliphatic rings. The van der Waals surface area contributed by atoms with E-state index in [-0.39, 0.29) is 6.04 Å². The van der Waals surface area contributed by atoms with E-state index in [0.29, 0.717) is 10.6 Å². The molecule has 1 aliphatic heterocycles. The van der Waals surface area contributed by atoms with Crippen LogP contribution in [0.25, 0.3) is 22.4 Å². The van der Waals surface area contributed by atoms with Gasteiger partial charge in [0.25, 0.3) is 0 Å². The molecule has 0 atom stereocenters. The van der Waals surface area contributed by atoms with Crippen molar-refractivity contribution < 1.29 is 9.90 Å². The molecule has 1 aromatic heterocycles. The second kappa shape index (κ2) is 8.77. The first kappa shape index (κ1) is 21.5. The fourth-order valence-electron chi connectivity index (χ4n) is 4.57. The Kier molecular flexibility index (Phi) is 6.08. The molecule has 4 rings (SSSR count). The van der Waals surface area contributed by atoms with Crippen LogP contribution in [0.15, 0.2) is 48.5 Å². The quantitative estimate of drug-likeness (QED) is 0.555. The van der Waals surface area contributed by atoms with Crippen LogP contribution in [0.1, 0.15) is 35.9 Å². The smallest absolute Gasteiger partial charge is 0.338 e. The largest absolute Gasteiger partial charge is 0.478 e. The highest BCUT2D eigenvalue weighted by Gasteiger charge is 2.28. The fraction of sp³-hybridized carbons (Fsp3) is 0.320. The number of nitrogens with zero attached hydrogens (tertiary/aromatic N) is 2. The van der Waals surface area contributed by atoms with Crippen molar-refractivity contribution in [2.45, 2.75) is 26.8 Å². The van der Waals surface area contributed by atoms with Gasteiger partial charge in [-0.05, 0) is 56.2 Å². The number of hydrogen-bond acceptors (Lipinski definition) is 3. The molecule has 2 aromatic carbocycles. The first-order valence-corrected chi connectivity index (χ1v) is 11.1. The monoisotopic (exact) mass is 437 g/mol. The Labute approximate surface area is 188 Å². The summed E-state index contributed by atoms with van der Waals surface area (Å²) in [5.74, 6) is -0.908. The SMILES string of the molecule is Cc1c(C(=O)O)c(-c2cccc(N3CCNCC3)c2)c(-c2ccc(Cl)cc2)n1C(C)C. The molecule has 0 unspecified atom stereocenters. The van der Waals surface area contributed by atoms with Crippen molar-refractivity contribution in [3.8, 4) is 22.4 Å². The average molecular weight is 438 g/mol. The molecule has 0 aliphatic carbocycles. The van der Waals surface area contributed by atoms with E-state index in [1.807, 2.05) is 43.3 Å². The molecular weight excluding hydrogens is 410 g/mol. The standard InChI is InChI=1S/C25H28ClN3O2/c1-16(2)29-17(3)22(25(30)31)23(24(29)18-7-9-20(26)10-8-18)19-5-4-6-21(15-19)28-13-11-27-12-14-28/h4-10,15-16,27H,11-14H2,1-3H3,(H,30,31). The molecule has 0 spiro atoms. The number of hydrogen-bond donors (Lipinski definition) is 2. The van der Waals surface area contributed by atoms with Crippen molar-refractivity contribution >= 4 is 23.3 Å². The lowest BCUT2D eigenvalue weighted by molar-refractivity contribution is 0.0696. The summed E-state index contributed by atoms with van der Waals surface area (Å²) < 4.78 is 2.12. The minimum absolute atomic E-state index is 0.105. The Bertz CT molecular complexity index is 1100. The molecule has 31 heavy (non-hydrogen) atoms. The van der Waals surface area contributed by atoms with Gasteiger partial charge < -0.3 is 19.9 Å². The molecular formula is C25H28ClN3O2. The second-order valence-electron chi connectivity index (χ2n) is 8.25. The number of anilines is 1. The number of halogens is 1. The van der Waals surface area contributed by atoms with E-state index in [1.165, 1.54) is 0 Å². The van der Waals surface area contributed by atoms with Crippen LogP contribution < -0.4 is 10.2 Å². The summed E-state index contributed by atoms with van der Waals surface area (Å²) in [5, 5.41) is 14.2. The highest BCUT2D eigenvalue weighted by molar-refractivity contribution is 6.30. The third kappa shape index (κ3) is 4.08. The van der Waals surface area contributed by atoms with Crippen LogP contribution in [0.4, 0.5) is 5.69 Å². The van der Waals surface area contributed by atoms with Crippen LogP contribution in [0, 0.1) is 6.92 Å². The van der Waals surface area contributed by atoms with Gasteiger partial charge in [0, 0.05) is 54.2 Å². The first-order valence-electron chi connectivity index (χ1n) is 10.7. The van der Waals surface area contributed by atoms with Gasteiger partial charge in [0.2, 0.25) is 0 Å². The summed E-state index contributed by atoms with van der Waals surface area (Å²) in [7, 11) is 0. The van der Waals surface area contributed by atoms with E-state index in [0.717, 1.165) is 59.9 Å². The molecule has 0 bridgehead atoms. The zero-order valence-electron chi connectivity index (χ0n) is 18.2. The van der Waals surface area contributed by atoms with Crippen molar-refractivity contribution in [2.75, 3.05) is 31.1 Å². The van der Waals surface area contributed by atoms with Gasteiger partial charge in [-0.3, -0.25) is 0 Å². The number of aromatic nitrogens is 1. The number of aromatic carboxylic acids is 1. The first-order chi connectivity index (χ1) is 14.9. The Hall–Kier alpha value is -2.76. The molecule has 1 saturated heterocycles. The number of carbonyl (C=O) groups is 1. The highest BCUT2D eigenvalue weighted by atomic mass is 35.5. The van der Waals surface area contributed by atoms with Gasteiger partial charge in [0.05, 0.1) is 11.3 Å². The number of carboxylic acids is 1. The Morgan fingerprint density at radius 3 is 2.35 bits per heavy atom. The molecule has 3 aromatic rings. The minimum Gasteiger partial charge on any atom is -0.478 e. The van der Waals surface area contributed by atoms with Gasteiger partial charge >= 0.3 is 5.97 Å². The summed E-state index contributed by atoms with van der Waals surface area (Å²) in [6.07, 6.45) is 0. The van der Waals surface area contributed by atoms with E-state index >= 15 is 0 Å². The Balaban J connectivity index is 1.97. The second-order valence-corrected chi connectivity index (χ2v) is 8.68. The summed E-state index contributed by atoms with van der Waals surface area (Å²) in [5.41, 5.74) is 5.78. The van der Waals surface area contributed by atoms with Crippen molar-refractivity contribution in [2.24, 2.45) is 0 Å². The molecule has 1 fully saturated rings. The summed E-state index contributed by atoms with van der Waals surface area (Å²) in [6, 6.07) is 16.0. The van der Waals surface area contributed by atoms with Crippen molar-refractivity contribution in [1.82, 2.24) is 9.88 Å². The lowest BCUT2D eigenvalue weighted by Gasteiger charge is -2.29. The van der Waals surface area contributed by atoms with Crippen LogP contribution in [0.2, 0.25) is 5.02 Å². The zero-order chi connectivity index (χ0) is 22.1. The van der Waals surface area contributed by atoms with E-state index < -0.39 is 5.97 Å². The normalized spacial score (nSPS) is 14.3. The van der Waals surface area contributed by atoms with Gasteiger partial charge in [0.15, 0.2) is 0 Å². The van der Waals surface area contributed by atoms with E-state index in [2.05, 4.69) is 40.8 Å². The molecule has 2 heterocycles. The maximum atomic E-state index is 12.4. The van der Waals surface area contributed by atoms with Crippen LogP contribution in [-0.4, -0.2) is 41.8 Å². The van der Waals surface area contributed by atoms with Gasteiger partial charge in [-0.25, -0.2) is 4.79 Å². The van der Waals surface area contributed by atoms with Crippen molar-refractivity contribution in [3.05, 3.63) is 64.8 Å². The minimum atomic E-state index is -0.908. The molecule has 6 heteroatoms. The molecule has 0 saturated carbocycles. The van der Waals surface area contributed by atoms with E-state index in [4.69, 9.17) is 11.6 Å². The lowest BCUT2D eigenvalue weighted by Crippen LogP contribution is -2.43. The van der Waals surface area contributed by atoms with Gasteiger partial charge in [0.1, 0.15) is 0 Å². The number of piperazine rings is 1. The molecule has 0 radical (unpaired) electrons. The van der Waals surface area contributed by atoms with Crippen LogP contribution in [0.3, 0.4) is 0 Å². The average Bonchev–Trinajstić information content (AvgIpc) is 3.08. The maximum absolute atomic E-state index is 12.4. The number of rotatable bonds is 5. The third-order valence-electron chi connectivity index (χ3n) is 5.92. The lowest BCUT2D eigenvalue weighted by atomic mass is 9.96. The number of carboxylic acid groups (broad SMARTS) is 1. The molecule has 0 amide bonds. The van der Waals surface area contributed by atoms with Crippen LogP contribution >= 0.6 is 11.6 Å². The summed E-state index contributed by atoms with van der Waals surface area (Å²) in [4.78, 5) is 14.8. The maximum Gasteiger partial charge on any atom is 0.338 e. The predicted octanol–water partition coefficient (Wildman–Crippen LogP) is 5.47. The fourth-order valence-corrected chi connectivity index (χ4v) is 4.69. The summed E-state index contributed by atoms with van der Waals surface area (Å²) in [6.45, 7) is 9.83. The third-order valence-corrected chi connectivity index (χ3v) is 6.17. The molecule has 5 nitrogen and oxygen atoms in total. The van der Waals surface area contributed by atoms with E-state index in [1.54, 1.807) is 0 Å². The van der Waals surface area contributed by atoms with Gasteiger partial charge in [-0.15, -0.1) is 0 Å². The van der Waals surface area contributed by atoms with Crippen molar-refractivity contribution in [3.63, 3.8) is 0 Å². The van der Waals surface area contributed by atoms with E-state index in [9.17, 15) is 9.90 Å². The zero-order valence-corrected chi connectivity index (χ0v) is 18.9. The van der Waals surface area contributed by atoms with Gasteiger partial charge in [-0.1, -0.05) is 35.9 Å².